The molecule has 2 aromatic carbocycles. The number of anilines is 1. The zero-order valence-electron chi connectivity index (χ0n) is 16.7. The third-order valence-corrected chi connectivity index (χ3v) is 4.34. The molecule has 0 unspecified atom stereocenters. The van der Waals surface area contributed by atoms with E-state index in [1.165, 1.54) is 35.2 Å². The maximum absolute atomic E-state index is 13.1. The van der Waals surface area contributed by atoms with Gasteiger partial charge in [0.05, 0.1) is 0 Å². The summed E-state index contributed by atoms with van der Waals surface area (Å²) in [5, 5.41) is 9.28. The van der Waals surface area contributed by atoms with Crippen LogP contribution in [0.3, 0.4) is 0 Å². The lowest BCUT2D eigenvalue weighted by Crippen LogP contribution is -2.34. The Morgan fingerprint density at radius 2 is 1.76 bits per heavy atom. The molecule has 0 aromatic heterocycles. The highest BCUT2D eigenvalue weighted by Crippen LogP contribution is 2.17. The first-order valence-corrected chi connectivity index (χ1v) is 9.30. The molecule has 5 nitrogen and oxygen atoms in total. The van der Waals surface area contributed by atoms with Crippen molar-refractivity contribution >= 4 is 23.6 Å². The minimum atomic E-state index is -0.871. The van der Waals surface area contributed by atoms with Crippen molar-refractivity contribution in [2.75, 3.05) is 18.1 Å². The van der Waals surface area contributed by atoms with Gasteiger partial charge in [-0.25, -0.2) is 9.18 Å². The Kier molecular flexibility index (Phi) is 7.67. The van der Waals surface area contributed by atoms with Gasteiger partial charge in [-0.05, 0) is 54.3 Å². The lowest BCUT2D eigenvalue weighted by molar-refractivity contribution is -0.143. The van der Waals surface area contributed by atoms with E-state index in [2.05, 4.69) is 13.8 Å². The summed E-state index contributed by atoms with van der Waals surface area (Å²) in [6.45, 7) is 5.71. The number of hydrogen-bond acceptors (Lipinski definition) is 4. The largest absolute Gasteiger partial charge is 0.451 e. The zero-order valence-corrected chi connectivity index (χ0v) is 16.7. The van der Waals surface area contributed by atoms with Gasteiger partial charge < -0.3 is 9.64 Å². The molecule has 0 bridgehead atoms. The molecule has 0 saturated heterocycles. The maximum atomic E-state index is 13.1. The van der Waals surface area contributed by atoms with E-state index in [1.54, 1.807) is 6.92 Å². The average Bonchev–Trinajstić information content (AvgIpc) is 2.72. The number of halogens is 1. The number of amides is 1. The first kappa shape index (κ1) is 21.8. The summed E-state index contributed by atoms with van der Waals surface area (Å²) >= 11 is 0. The third-order valence-electron chi connectivity index (χ3n) is 4.34. The maximum Gasteiger partial charge on any atom is 0.349 e. The SMILES string of the molecule is CCN(C(=O)COC(=O)/C(C#N)=C/c1ccc(C(C)C)cc1)c1ccc(F)cc1. The number of nitriles is 1. The van der Waals surface area contributed by atoms with Crippen molar-refractivity contribution in [1.29, 1.82) is 5.26 Å². The fourth-order valence-electron chi connectivity index (χ4n) is 2.69. The van der Waals surface area contributed by atoms with Crippen molar-refractivity contribution in [3.8, 4) is 6.07 Å². The highest BCUT2D eigenvalue weighted by atomic mass is 19.1. The summed E-state index contributed by atoms with van der Waals surface area (Å²) < 4.78 is 18.1. The smallest absolute Gasteiger partial charge is 0.349 e. The Labute approximate surface area is 170 Å². The summed E-state index contributed by atoms with van der Waals surface area (Å²) in [6.07, 6.45) is 1.43. The zero-order chi connectivity index (χ0) is 21.4. The fourth-order valence-corrected chi connectivity index (χ4v) is 2.69. The molecular formula is C23H23FN2O3. The van der Waals surface area contributed by atoms with Crippen molar-refractivity contribution in [3.05, 3.63) is 71.0 Å². The number of rotatable bonds is 7. The predicted molar refractivity (Wildman–Crippen MR) is 110 cm³/mol. The van der Waals surface area contributed by atoms with E-state index in [0.29, 0.717) is 23.7 Å². The fraction of sp³-hybridized carbons (Fsp3) is 0.261. The summed E-state index contributed by atoms with van der Waals surface area (Å²) in [5.41, 5.74) is 2.14. The van der Waals surface area contributed by atoms with E-state index < -0.39 is 24.3 Å². The molecule has 0 aliphatic rings. The molecule has 0 atom stereocenters. The average molecular weight is 394 g/mol. The number of esters is 1. The first-order chi connectivity index (χ1) is 13.8. The lowest BCUT2D eigenvalue weighted by atomic mass is 10.0. The molecule has 29 heavy (non-hydrogen) atoms. The second-order valence-electron chi connectivity index (χ2n) is 6.68. The highest BCUT2D eigenvalue weighted by molar-refractivity contribution is 6.00. The van der Waals surface area contributed by atoms with Gasteiger partial charge in [0, 0.05) is 12.2 Å². The highest BCUT2D eigenvalue weighted by Gasteiger charge is 2.18. The van der Waals surface area contributed by atoms with Gasteiger partial charge >= 0.3 is 5.97 Å². The van der Waals surface area contributed by atoms with E-state index in [9.17, 15) is 19.2 Å². The van der Waals surface area contributed by atoms with Crippen LogP contribution in [-0.4, -0.2) is 25.0 Å². The minimum absolute atomic E-state index is 0.195. The third kappa shape index (κ3) is 6.01. The number of ether oxygens (including phenoxy) is 1. The molecule has 0 aliphatic heterocycles. The van der Waals surface area contributed by atoms with Crippen molar-refractivity contribution in [1.82, 2.24) is 0 Å². The molecule has 0 saturated carbocycles. The Bertz CT molecular complexity index is 926. The summed E-state index contributed by atoms with van der Waals surface area (Å²) in [4.78, 5) is 26.0. The molecule has 0 radical (unpaired) electrons. The monoisotopic (exact) mass is 394 g/mol. The van der Waals surface area contributed by atoms with Crippen LogP contribution in [0.25, 0.3) is 6.08 Å². The molecule has 0 fully saturated rings. The molecular weight excluding hydrogens is 371 g/mol. The molecule has 0 aliphatic carbocycles. The lowest BCUT2D eigenvalue weighted by Gasteiger charge is -2.20. The van der Waals surface area contributed by atoms with Gasteiger partial charge in [0.2, 0.25) is 0 Å². The number of carbonyl (C=O) groups excluding carboxylic acids is 2. The van der Waals surface area contributed by atoms with Crippen LogP contribution in [0.4, 0.5) is 10.1 Å². The minimum Gasteiger partial charge on any atom is -0.451 e. The summed E-state index contributed by atoms with van der Waals surface area (Å²) in [5.74, 6) is -1.37. The number of benzene rings is 2. The van der Waals surface area contributed by atoms with E-state index in [4.69, 9.17) is 4.74 Å². The van der Waals surface area contributed by atoms with Crippen LogP contribution in [-0.2, 0) is 14.3 Å². The number of likely N-dealkylation sites (N-methyl/N-ethyl adjacent to an activating group) is 1. The van der Waals surface area contributed by atoms with E-state index in [-0.39, 0.29) is 5.57 Å². The van der Waals surface area contributed by atoms with Crippen LogP contribution in [0.5, 0.6) is 0 Å². The van der Waals surface area contributed by atoms with Crippen molar-refractivity contribution in [2.24, 2.45) is 0 Å². The van der Waals surface area contributed by atoms with E-state index in [1.807, 2.05) is 30.3 Å². The molecule has 6 heteroatoms. The molecule has 1 amide bonds. The summed E-state index contributed by atoms with van der Waals surface area (Å²) in [6, 6.07) is 14.8. The van der Waals surface area contributed by atoms with Crippen LogP contribution >= 0.6 is 0 Å². The molecule has 0 heterocycles. The number of nitrogens with zero attached hydrogens (tertiary/aromatic N) is 2. The Balaban J connectivity index is 2.04. The van der Waals surface area contributed by atoms with Gasteiger partial charge in [-0.15, -0.1) is 0 Å². The molecule has 150 valence electrons. The second kappa shape index (κ2) is 10.2. The van der Waals surface area contributed by atoms with Crippen LogP contribution in [0.2, 0.25) is 0 Å². The van der Waals surface area contributed by atoms with Crippen molar-refractivity contribution < 1.29 is 18.7 Å². The quantitative estimate of drug-likeness (QED) is 0.395. The van der Waals surface area contributed by atoms with Gasteiger partial charge in [-0.1, -0.05) is 38.1 Å². The molecule has 0 N–H and O–H groups in total. The van der Waals surface area contributed by atoms with E-state index in [0.717, 1.165) is 5.56 Å². The normalized spacial score (nSPS) is 11.1. The van der Waals surface area contributed by atoms with Crippen LogP contribution in [0, 0.1) is 17.1 Å². The van der Waals surface area contributed by atoms with Gasteiger partial charge in [-0.3, -0.25) is 4.79 Å². The van der Waals surface area contributed by atoms with Crippen LogP contribution in [0.15, 0.2) is 54.1 Å². The van der Waals surface area contributed by atoms with Gasteiger partial charge in [0.25, 0.3) is 5.91 Å². The number of hydrogen-bond donors (Lipinski definition) is 0. The Hall–Kier alpha value is -3.46. The van der Waals surface area contributed by atoms with Gasteiger partial charge in [0.1, 0.15) is 17.5 Å². The van der Waals surface area contributed by atoms with Gasteiger partial charge in [-0.2, -0.15) is 5.26 Å². The number of carbonyl (C=O) groups is 2. The van der Waals surface area contributed by atoms with Crippen LogP contribution in [0.1, 0.15) is 37.8 Å². The predicted octanol–water partition coefficient (Wildman–Crippen LogP) is 4.45. The van der Waals surface area contributed by atoms with Crippen molar-refractivity contribution in [3.63, 3.8) is 0 Å². The van der Waals surface area contributed by atoms with Gasteiger partial charge in [0.15, 0.2) is 6.61 Å². The molecule has 0 spiro atoms. The summed E-state index contributed by atoms with van der Waals surface area (Å²) in [7, 11) is 0. The topological polar surface area (TPSA) is 70.4 Å². The van der Waals surface area contributed by atoms with Crippen LogP contribution < -0.4 is 4.90 Å². The Morgan fingerprint density at radius 3 is 2.28 bits per heavy atom. The second-order valence-corrected chi connectivity index (χ2v) is 6.68. The molecule has 2 rings (SSSR count). The van der Waals surface area contributed by atoms with E-state index >= 15 is 0 Å². The standard InChI is InChI=1S/C23H23FN2O3/c1-4-26(21-11-9-20(24)10-12-21)22(27)15-29-23(28)19(14-25)13-17-5-7-18(8-6-17)16(2)3/h5-13,16H,4,15H2,1-3H3/b19-13+. The Morgan fingerprint density at radius 1 is 1.14 bits per heavy atom. The molecule has 2 aromatic rings. The first-order valence-electron chi connectivity index (χ1n) is 9.30. The van der Waals surface area contributed by atoms with Crippen molar-refractivity contribution in [2.45, 2.75) is 26.7 Å².